The van der Waals surface area contributed by atoms with Gasteiger partial charge in [0.15, 0.2) is 0 Å². The molecule has 0 saturated heterocycles. The van der Waals surface area contributed by atoms with Crippen LogP contribution in [0.15, 0.2) is 16.5 Å². The molecule has 0 aliphatic heterocycles. The largest absolute Gasteiger partial charge is 0.342 e. The Morgan fingerprint density at radius 2 is 2.13 bits per heavy atom. The zero-order chi connectivity index (χ0) is 11.2. The van der Waals surface area contributed by atoms with E-state index in [1.54, 1.807) is 0 Å². The van der Waals surface area contributed by atoms with E-state index >= 15 is 0 Å². The van der Waals surface area contributed by atoms with E-state index in [-0.39, 0.29) is 0 Å². The Morgan fingerprint density at radius 1 is 1.47 bits per heavy atom. The Morgan fingerprint density at radius 3 is 2.67 bits per heavy atom. The molecule has 1 nitrogen and oxygen atoms in total. The van der Waals surface area contributed by atoms with Gasteiger partial charge in [-0.1, -0.05) is 5.57 Å². The molecule has 0 saturated carbocycles. The summed E-state index contributed by atoms with van der Waals surface area (Å²) in [5, 5.41) is 0. The Balaban J connectivity index is 2.77. The third-order valence-electron chi connectivity index (χ3n) is 2.44. The highest BCUT2D eigenvalue weighted by Gasteiger charge is 2.12. The summed E-state index contributed by atoms with van der Waals surface area (Å²) < 4.78 is 3.51. The van der Waals surface area contributed by atoms with Crippen LogP contribution in [0.1, 0.15) is 24.4 Å². The molecule has 0 aliphatic carbocycles. The van der Waals surface area contributed by atoms with E-state index in [9.17, 15) is 0 Å². The Labute approximate surface area is 99.8 Å². The highest BCUT2D eigenvalue weighted by Crippen LogP contribution is 2.35. The van der Waals surface area contributed by atoms with Crippen molar-refractivity contribution in [3.05, 3.63) is 22.2 Å². The lowest BCUT2D eigenvalue weighted by Gasteiger charge is -2.00. The maximum Gasteiger partial charge on any atom is 0.0664 e. The Kier molecular flexibility index (Phi) is 2.69. The minimum absolute atomic E-state index is 1.10. The van der Waals surface area contributed by atoms with E-state index in [0.29, 0.717) is 0 Å². The van der Waals surface area contributed by atoms with Crippen molar-refractivity contribution in [3.8, 4) is 0 Å². The van der Waals surface area contributed by atoms with Gasteiger partial charge in [0.2, 0.25) is 0 Å². The topological polar surface area (TPSA) is 4.93 Å². The van der Waals surface area contributed by atoms with Gasteiger partial charge in [-0.15, -0.1) is 24.0 Å². The van der Waals surface area contributed by atoms with Crippen LogP contribution in [-0.4, -0.2) is 4.57 Å². The van der Waals surface area contributed by atoms with Crippen LogP contribution in [-0.2, 0) is 7.05 Å². The van der Waals surface area contributed by atoms with E-state index in [1.165, 1.54) is 26.4 Å². The van der Waals surface area contributed by atoms with Gasteiger partial charge in [0, 0.05) is 16.8 Å². The summed E-state index contributed by atoms with van der Waals surface area (Å²) in [6.45, 7) is 6.36. The molecule has 0 bridgehead atoms. The van der Waals surface area contributed by atoms with Crippen LogP contribution < -0.4 is 0 Å². The highest BCUT2D eigenvalue weighted by atomic mass is 32.1. The Hall–Kier alpha value is -0.670. The van der Waals surface area contributed by atoms with E-state index in [0.717, 1.165) is 4.90 Å². The molecule has 0 aromatic carbocycles. The van der Waals surface area contributed by atoms with Crippen LogP contribution in [0.3, 0.4) is 0 Å². The maximum atomic E-state index is 4.62. The highest BCUT2D eigenvalue weighted by molar-refractivity contribution is 7.80. The summed E-state index contributed by atoms with van der Waals surface area (Å²) >= 11 is 6.43. The molecule has 0 amide bonds. The molecule has 0 N–H and O–H groups in total. The first-order chi connectivity index (χ1) is 7.00. The van der Waals surface area contributed by atoms with Crippen molar-refractivity contribution in [2.24, 2.45) is 7.05 Å². The van der Waals surface area contributed by atoms with Crippen molar-refractivity contribution >= 4 is 40.3 Å². The number of nitrogens with zero attached hydrogens (tertiary/aromatic N) is 1. The van der Waals surface area contributed by atoms with Crippen LogP contribution in [0.5, 0.6) is 0 Å². The number of hydrogen-bond donors (Lipinski definition) is 1. The molecular weight excluding hydrogens is 222 g/mol. The first-order valence-corrected chi connectivity index (χ1v) is 6.19. The number of thiol groups is 1. The standard InChI is InChI=1S/C12H15NS2/c1-7(2)5-9-11(14)12-10(13(9)4)6-8(3)15-12/h5-6,14H,1-4H3. The van der Waals surface area contributed by atoms with Crippen molar-refractivity contribution in [2.45, 2.75) is 25.7 Å². The Bertz CT molecular complexity index is 502. The van der Waals surface area contributed by atoms with E-state index in [2.05, 4.69) is 57.2 Å². The predicted octanol–water partition coefficient (Wildman–Crippen LogP) is 4.26. The average Bonchev–Trinajstić information content (AvgIpc) is 2.61. The lowest BCUT2D eigenvalue weighted by Crippen LogP contribution is -1.90. The molecule has 0 radical (unpaired) electrons. The summed E-state index contributed by atoms with van der Waals surface area (Å²) in [7, 11) is 2.10. The number of rotatable bonds is 1. The first-order valence-electron chi connectivity index (χ1n) is 4.93. The molecular formula is C12H15NS2. The zero-order valence-corrected chi connectivity index (χ0v) is 11.2. The van der Waals surface area contributed by atoms with Gasteiger partial charge in [0.25, 0.3) is 0 Å². The molecule has 2 aromatic rings. The second kappa shape index (κ2) is 3.72. The summed E-state index contributed by atoms with van der Waals surface area (Å²) in [4.78, 5) is 2.45. The van der Waals surface area contributed by atoms with Crippen molar-refractivity contribution in [1.82, 2.24) is 4.57 Å². The normalized spacial score (nSPS) is 11.0. The van der Waals surface area contributed by atoms with Gasteiger partial charge < -0.3 is 4.57 Å². The lowest BCUT2D eigenvalue weighted by molar-refractivity contribution is 0.940. The number of aromatic nitrogens is 1. The van der Waals surface area contributed by atoms with Gasteiger partial charge in [0.1, 0.15) is 0 Å². The molecule has 2 aromatic heterocycles. The van der Waals surface area contributed by atoms with Crippen LogP contribution in [0.2, 0.25) is 0 Å². The number of thiophene rings is 1. The van der Waals surface area contributed by atoms with Gasteiger partial charge in [-0.2, -0.15) is 0 Å². The minimum atomic E-state index is 1.10. The molecule has 2 heterocycles. The summed E-state index contributed by atoms with van der Waals surface area (Å²) in [6, 6.07) is 2.22. The van der Waals surface area contributed by atoms with Crippen molar-refractivity contribution in [3.63, 3.8) is 0 Å². The number of aryl methyl sites for hydroxylation is 2. The predicted molar refractivity (Wildman–Crippen MR) is 72.1 cm³/mol. The fourth-order valence-electron chi connectivity index (χ4n) is 1.76. The minimum Gasteiger partial charge on any atom is -0.342 e. The molecule has 15 heavy (non-hydrogen) atoms. The van der Waals surface area contributed by atoms with Crippen molar-refractivity contribution < 1.29 is 0 Å². The number of hydrogen-bond acceptors (Lipinski definition) is 2. The number of fused-ring (bicyclic) bond motifs is 1. The lowest BCUT2D eigenvalue weighted by atomic mass is 10.3. The van der Waals surface area contributed by atoms with E-state index < -0.39 is 0 Å². The van der Waals surface area contributed by atoms with E-state index in [1.807, 2.05) is 11.3 Å². The average molecular weight is 237 g/mol. The third kappa shape index (κ3) is 1.74. The van der Waals surface area contributed by atoms with Gasteiger partial charge in [-0.25, -0.2) is 0 Å². The first kappa shape index (κ1) is 10.8. The monoisotopic (exact) mass is 237 g/mol. The van der Waals surface area contributed by atoms with Gasteiger partial charge >= 0.3 is 0 Å². The van der Waals surface area contributed by atoms with Gasteiger partial charge in [-0.3, -0.25) is 0 Å². The molecule has 0 spiro atoms. The second-order valence-electron chi connectivity index (χ2n) is 4.09. The van der Waals surface area contributed by atoms with Crippen LogP contribution >= 0.6 is 24.0 Å². The van der Waals surface area contributed by atoms with E-state index in [4.69, 9.17) is 0 Å². The SMILES string of the molecule is CC(C)=Cc1c(S)c2sc(C)cc2n1C. The quantitative estimate of drug-likeness (QED) is 0.707. The molecule has 0 atom stereocenters. The molecule has 80 valence electrons. The number of allylic oxidation sites excluding steroid dienone is 1. The van der Waals surface area contributed by atoms with Gasteiger partial charge in [-0.05, 0) is 32.9 Å². The van der Waals surface area contributed by atoms with Crippen molar-refractivity contribution in [2.75, 3.05) is 0 Å². The summed E-state index contributed by atoms with van der Waals surface area (Å²) in [5.74, 6) is 0. The molecule has 0 aliphatic rings. The molecule has 2 rings (SSSR count). The summed E-state index contributed by atoms with van der Waals surface area (Å²) in [6.07, 6.45) is 2.18. The van der Waals surface area contributed by atoms with Crippen LogP contribution in [0.25, 0.3) is 16.3 Å². The van der Waals surface area contributed by atoms with Crippen LogP contribution in [0.4, 0.5) is 0 Å². The third-order valence-corrected chi connectivity index (χ3v) is 4.10. The zero-order valence-electron chi connectivity index (χ0n) is 9.46. The maximum absolute atomic E-state index is 4.62. The second-order valence-corrected chi connectivity index (χ2v) is 5.79. The van der Waals surface area contributed by atoms with Gasteiger partial charge in [0.05, 0.1) is 15.9 Å². The molecule has 0 fully saturated rings. The molecule has 0 unspecified atom stereocenters. The molecule has 3 heteroatoms. The van der Waals surface area contributed by atoms with Crippen molar-refractivity contribution in [1.29, 1.82) is 0 Å². The fraction of sp³-hybridized carbons (Fsp3) is 0.333. The smallest absolute Gasteiger partial charge is 0.0664 e. The fourth-order valence-corrected chi connectivity index (χ4v) is 3.22. The summed E-state index contributed by atoms with van der Waals surface area (Å²) in [5.41, 5.74) is 3.80. The van der Waals surface area contributed by atoms with Crippen LogP contribution in [0, 0.1) is 6.92 Å².